The first-order valence-corrected chi connectivity index (χ1v) is 5.10. The van der Waals surface area contributed by atoms with E-state index in [9.17, 15) is 0 Å². The van der Waals surface area contributed by atoms with Crippen molar-refractivity contribution in [3.8, 4) is 0 Å². The van der Waals surface area contributed by atoms with Gasteiger partial charge in [0, 0.05) is 16.8 Å². The first-order valence-electron chi connectivity index (χ1n) is 4.10. The van der Waals surface area contributed by atoms with Gasteiger partial charge in [-0.3, -0.25) is 0 Å². The largest absolute Gasteiger partial charge is 0.313 e. The molecule has 0 atom stereocenters. The van der Waals surface area contributed by atoms with Gasteiger partial charge in [-0.15, -0.1) is 0 Å². The average Bonchev–Trinajstić information content (AvgIpc) is 2.03. The molecular weight excluding hydrogens is 150 g/mol. The van der Waals surface area contributed by atoms with Crippen LogP contribution in [0.15, 0.2) is 24.3 Å². The van der Waals surface area contributed by atoms with Crippen molar-refractivity contribution >= 4 is 15.4 Å². The summed E-state index contributed by atoms with van der Waals surface area (Å²) >= 11 is 0. The van der Waals surface area contributed by atoms with Crippen LogP contribution >= 0.6 is 0 Å². The number of benzene rings is 1. The molecule has 1 N–H and O–H groups in total. The highest BCUT2D eigenvalue weighted by Gasteiger charge is 1.93. The van der Waals surface area contributed by atoms with Crippen molar-refractivity contribution in [3.63, 3.8) is 0 Å². The summed E-state index contributed by atoms with van der Waals surface area (Å²) in [6.07, 6.45) is 0. The molecule has 0 saturated heterocycles. The van der Waals surface area contributed by atoms with Gasteiger partial charge in [-0.2, -0.15) is 0 Å². The fraction of sp³-hybridized carbons (Fsp3) is 0.333. The van der Waals surface area contributed by atoms with Crippen LogP contribution in [-0.2, 0) is 6.54 Å². The molecule has 1 aromatic carbocycles. The van der Waals surface area contributed by atoms with Gasteiger partial charge in [-0.1, -0.05) is 36.4 Å². The van der Waals surface area contributed by atoms with Gasteiger partial charge >= 0.3 is 0 Å². The number of hydrogen-bond acceptors (Lipinski definition) is 1. The van der Waals surface area contributed by atoms with Gasteiger partial charge in [0.1, 0.15) is 0 Å². The van der Waals surface area contributed by atoms with E-state index in [1.54, 1.807) is 0 Å². The normalized spacial score (nSPS) is 10.3. The number of hydrogen-bond donors (Lipinski definition) is 1. The van der Waals surface area contributed by atoms with Crippen LogP contribution in [0.5, 0.6) is 0 Å². The Morgan fingerprint density at radius 1 is 1.36 bits per heavy atom. The molecule has 1 nitrogen and oxygen atoms in total. The van der Waals surface area contributed by atoms with Crippen molar-refractivity contribution < 1.29 is 0 Å². The Balaban J connectivity index is 2.62. The Morgan fingerprint density at radius 2 is 2.09 bits per heavy atom. The lowest BCUT2D eigenvalue weighted by Gasteiger charge is -2.04. The van der Waals surface area contributed by atoms with Crippen LogP contribution in [0, 0.1) is 0 Å². The first kappa shape index (κ1) is 8.49. The Morgan fingerprint density at radius 3 is 2.73 bits per heavy atom. The molecule has 0 fully saturated rings. The minimum atomic E-state index is 1.02. The fourth-order valence-corrected chi connectivity index (χ4v) is 1.60. The van der Waals surface area contributed by atoms with Crippen LogP contribution in [0.3, 0.4) is 0 Å². The molecule has 0 heterocycles. The summed E-state index contributed by atoms with van der Waals surface area (Å²) in [5.74, 6) is 0. The molecule has 0 spiro atoms. The van der Waals surface area contributed by atoms with E-state index in [-0.39, 0.29) is 0 Å². The van der Waals surface area contributed by atoms with E-state index < -0.39 is 0 Å². The average molecular weight is 165 g/mol. The fourth-order valence-electron chi connectivity index (χ4n) is 1.07. The summed E-state index contributed by atoms with van der Waals surface area (Å²) < 4.78 is 0. The molecule has 0 aliphatic rings. The maximum Gasteiger partial charge on any atom is 0.0389 e. The summed E-state index contributed by atoms with van der Waals surface area (Å²) in [6.45, 7) is 4.21. The van der Waals surface area contributed by atoms with Gasteiger partial charge in [0.05, 0.1) is 0 Å². The van der Waals surface area contributed by atoms with Crippen LogP contribution in [0.2, 0.25) is 0 Å². The SMILES string of the molecule is CCNCc1ccccc1[SiH3]. The summed E-state index contributed by atoms with van der Waals surface area (Å²) in [5, 5.41) is 4.84. The summed E-state index contributed by atoms with van der Waals surface area (Å²) in [6, 6.07) is 8.62. The second kappa shape index (κ2) is 4.31. The van der Waals surface area contributed by atoms with E-state index in [0.29, 0.717) is 0 Å². The topological polar surface area (TPSA) is 12.0 Å². The molecule has 2 heteroatoms. The van der Waals surface area contributed by atoms with Crippen molar-refractivity contribution in [3.05, 3.63) is 29.8 Å². The minimum Gasteiger partial charge on any atom is -0.313 e. The highest BCUT2D eigenvalue weighted by molar-refractivity contribution is 6.33. The van der Waals surface area contributed by atoms with E-state index in [1.165, 1.54) is 10.8 Å². The van der Waals surface area contributed by atoms with E-state index in [2.05, 4.69) is 36.5 Å². The monoisotopic (exact) mass is 165 g/mol. The smallest absolute Gasteiger partial charge is 0.0389 e. The molecule has 0 saturated carbocycles. The van der Waals surface area contributed by atoms with Gasteiger partial charge < -0.3 is 5.32 Å². The molecule has 0 aliphatic heterocycles. The zero-order valence-electron chi connectivity index (χ0n) is 7.22. The van der Waals surface area contributed by atoms with Crippen LogP contribution in [0.4, 0.5) is 0 Å². The predicted molar refractivity (Wildman–Crippen MR) is 53.4 cm³/mol. The Bertz CT molecular complexity index is 223. The second-order valence-corrected chi connectivity index (χ2v) is 3.78. The van der Waals surface area contributed by atoms with Crippen molar-refractivity contribution in [2.45, 2.75) is 13.5 Å². The summed E-state index contributed by atoms with van der Waals surface area (Å²) in [4.78, 5) is 0. The van der Waals surface area contributed by atoms with Crippen LogP contribution in [-0.4, -0.2) is 16.8 Å². The Labute approximate surface area is 71.2 Å². The Hall–Kier alpha value is -0.603. The highest BCUT2D eigenvalue weighted by atomic mass is 28.1. The summed E-state index contributed by atoms with van der Waals surface area (Å²) in [7, 11) is 1.15. The predicted octanol–water partition coefficient (Wildman–Crippen LogP) is -0.213. The van der Waals surface area contributed by atoms with E-state index in [1.807, 2.05) is 0 Å². The molecule has 0 aliphatic carbocycles. The van der Waals surface area contributed by atoms with E-state index in [0.717, 1.165) is 23.3 Å². The van der Waals surface area contributed by atoms with Crippen molar-refractivity contribution in [1.29, 1.82) is 0 Å². The third-order valence-electron chi connectivity index (χ3n) is 1.83. The molecule has 0 radical (unpaired) electrons. The van der Waals surface area contributed by atoms with Crippen LogP contribution < -0.4 is 10.5 Å². The van der Waals surface area contributed by atoms with Gasteiger partial charge in [-0.25, -0.2) is 0 Å². The highest BCUT2D eigenvalue weighted by Crippen LogP contribution is 1.92. The quantitative estimate of drug-likeness (QED) is 0.611. The van der Waals surface area contributed by atoms with Crippen molar-refractivity contribution in [2.75, 3.05) is 6.54 Å². The summed E-state index contributed by atoms with van der Waals surface area (Å²) in [5.41, 5.74) is 1.46. The lowest BCUT2D eigenvalue weighted by Crippen LogP contribution is -2.19. The maximum absolute atomic E-state index is 3.33. The van der Waals surface area contributed by atoms with Gasteiger partial charge in [0.15, 0.2) is 0 Å². The van der Waals surface area contributed by atoms with Crippen LogP contribution in [0.25, 0.3) is 0 Å². The molecule has 60 valence electrons. The van der Waals surface area contributed by atoms with Gasteiger partial charge in [0.25, 0.3) is 0 Å². The number of nitrogens with one attached hydrogen (secondary N) is 1. The molecular formula is C9H15NSi. The van der Waals surface area contributed by atoms with Gasteiger partial charge in [-0.05, 0) is 12.1 Å². The zero-order valence-corrected chi connectivity index (χ0v) is 9.22. The van der Waals surface area contributed by atoms with Crippen LogP contribution in [0.1, 0.15) is 12.5 Å². The minimum absolute atomic E-state index is 1.02. The molecule has 0 amide bonds. The standard InChI is InChI=1S/C9H15NSi/c1-2-10-7-8-5-3-4-6-9(8)11/h3-6,10H,2,7H2,1,11H3. The lowest BCUT2D eigenvalue weighted by molar-refractivity contribution is 0.729. The van der Waals surface area contributed by atoms with E-state index >= 15 is 0 Å². The molecule has 0 unspecified atom stereocenters. The Kier molecular flexibility index (Phi) is 3.33. The van der Waals surface area contributed by atoms with Crippen molar-refractivity contribution in [1.82, 2.24) is 5.32 Å². The van der Waals surface area contributed by atoms with Gasteiger partial charge in [0.2, 0.25) is 0 Å². The van der Waals surface area contributed by atoms with E-state index in [4.69, 9.17) is 0 Å². The van der Waals surface area contributed by atoms with Crippen molar-refractivity contribution in [2.24, 2.45) is 0 Å². The lowest BCUT2D eigenvalue weighted by atomic mass is 10.2. The molecule has 11 heavy (non-hydrogen) atoms. The maximum atomic E-state index is 3.33. The molecule has 1 rings (SSSR count). The zero-order chi connectivity index (χ0) is 8.10. The molecule has 0 bridgehead atoms. The molecule has 1 aromatic rings. The second-order valence-electron chi connectivity index (χ2n) is 2.71. The first-order chi connectivity index (χ1) is 5.34. The third kappa shape index (κ3) is 2.48. The third-order valence-corrected chi connectivity index (χ3v) is 2.80. The molecule has 0 aromatic heterocycles. The number of rotatable bonds is 3.